The van der Waals surface area contributed by atoms with Crippen LogP contribution in [0, 0.1) is 17.8 Å². The Balaban J connectivity index is 0. The molecule has 1 heteroatoms. The Morgan fingerprint density at radius 1 is 1.12 bits per heavy atom. The second-order valence-electron chi connectivity index (χ2n) is 5.19. The molecule has 0 aromatic carbocycles. The van der Waals surface area contributed by atoms with Gasteiger partial charge in [-0.25, -0.2) is 0 Å². The van der Waals surface area contributed by atoms with Gasteiger partial charge in [-0.15, -0.1) is 9.24 Å². The first-order chi connectivity index (χ1) is 7.43. The van der Waals surface area contributed by atoms with Gasteiger partial charge in [0.1, 0.15) is 0 Å². The molecule has 0 aromatic rings. The molecule has 0 aromatic heterocycles. The average molecular weight is 246 g/mol. The summed E-state index contributed by atoms with van der Waals surface area (Å²) in [5.41, 5.74) is 0. The molecule has 1 aliphatic carbocycles. The second-order valence-corrected chi connectivity index (χ2v) is 6.50. The van der Waals surface area contributed by atoms with E-state index in [9.17, 15) is 0 Å². The van der Waals surface area contributed by atoms with Crippen molar-refractivity contribution in [2.24, 2.45) is 17.8 Å². The molecule has 0 radical (unpaired) electrons. The van der Waals surface area contributed by atoms with E-state index in [4.69, 9.17) is 0 Å². The highest BCUT2D eigenvalue weighted by atomic mass is 31.0. The number of hydrogen-bond acceptors (Lipinski definition) is 0. The molecule has 0 N–H and O–H groups in total. The summed E-state index contributed by atoms with van der Waals surface area (Å²) < 4.78 is 0. The summed E-state index contributed by atoms with van der Waals surface area (Å²) in [5, 5.41) is 0.519. The maximum absolute atomic E-state index is 3.05. The van der Waals surface area contributed by atoms with Gasteiger partial charge >= 0.3 is 0 Å². The summed E-state index contributed by atoms with van der Waals surface area (Å²) in [7, 11) is 3.05. The van der Waals surface area contributed by atoms with Crippen LogP contribution < -0.4 is 0 Å². The minimum Gasteiger partial charge on any atom is -0.131 e. The minimum absolute atomic E-state index is 0.519. The Kier molecular flexibility index (Phi) is 11.1. The summed E-state index contributed by atoms with van der Waals surface area (Å²) in [6, 6.07) is 0. The summed E-state index contributed by atoms with van der Waals surface area (Å²) in [6.45, 7) is 17.5. The molecule has 0 spiro atoms. The predicted molar refractivity (Wildman–Crippen MR) is 82.2 cm³/mol. The highest BCUT2D eigenvalue weighted by Gasteiger charge is 2.34. The first kappa shape index (κ1) is 18.8. The second kappa shape index (κ2) is 9.46. The van der Waals surface area contributed by atoms with Gasteiger partial charge < -0.3 is 0 Å². The van der Waals surface area contributed by atoms with Crippen molar-refractivity contribution in [2.45, 2.75) is 79.8 Å². The van der Waals surface area contributed by atoms with E-state index >= 15 is 0 Å². The first-order valence-corrected chi connectivity index (χ1v) is 7.80. The molecule has 1 fully saturated rings. The van der Waals surface area contributed by atoms with Crippen LogP contribution in [0.3, 0.4) is 0 Å². The zero-order valence-corrected chi connectivity index (χ0v) is 14.1. The van der Waals surface area contributed by atoms with Crippen molar-refractivity contribution >= 4 is 9.24 Å². The highest BCUT2D eigenvalue weighted by molar-refractivity contribution is 7.18. The summed E-state index contributed by atoms with van der Waals surface area (Å²) in [4.78, 5) is 0. The van der Waals surface area contributed by atoms with Gasteiger partial charge in [0.25, 0.3) is 0 Å². The van der Waals surface area contributed by atoms with E-state index in [0.717, 1.165) is 17.8 Å². The smallest absolute Gasteiger partial charge is 0.0153 e. The molecule has 1 rings (SSSR count). The van der Waals surface area contributed by atoms with Crippen molar-refractivity contribution < 1.29 is 0 Å². The van der Waals surface area contributed by atoms with Crippen molar-refractivity contribution in [3.05, 3.63) is 0 Å². The molecule has 0 nitrogen and oxygen atoms in total. The fourth-order valence-electron chi connectivity index (χ4n) is 2.19. The number of rotatable bonds is 1. The van der Waals surface area contributed by atoms with Gasteiger partial charge in [0, 0.05) is 0 Å². The fourth-order valence-corrected chi connectivity index (χ4v) is 2.49. The molecule has 4 atom stereocenters. The molecule has 0 saturated heterocycles. The molecule has 1 aliphatic rings. The van der Waals surface area contributed by atoms with E-state index in [1.807, 2.05) is 27.7 Å². The third kappa shape index (κ3) is 6.24. The first-order valence-electron chi connectivity index (χ1n) is 7.22. The van der Waals surface area contributed by atoms with E-state index in [2.05, 4.69) is 36.9 Å². The molecule has 0 heterocycles. The van der Waals surface area contributed by atoms with E-state index in [1.54, 1.807) is 0 Å². The molecule has 0 bridgehead atoms. The van der Waals surface area contributed by atoms with Crippen molar-refractivity contribution in [1.82, 2.24) is 0 Å². The molecule has 0 amide bonds. The van der Waals surface area contributed by atoms with Crippen LogP contribution >= 0.6 is 9.24 Å². The summed E-state index contributed by atoms with van der Waals surface area (Å²) in [6.07, 6.45) is 4.25. The maximum atomic E-state index is 3.05. The van der Waals surface area contributed by atoms with E-state index in [1.165, 1.54) is 19.3 Å². The molecule has 16 heavy (non-hydrogen) atoms. The van der Waals surface area contributed by atoms with Crippen LogP contribution in [0.1, 0.15) is 74.7 Å². The highest BCUT2D eigenvalue weighted by Crippen LogP contribution is 2.44. The fraction of sp³-hybridized carbons (Fsp3) is 1.00. The summed E-state index contributed by atoms with van der Waals surface area (Å²) >= 11 is 0. The largest absolute Gasteiger partial charge is 0.131 e. The molecule has 100 valence electrons. The van der Waals surface area contributed by atoms with Gasteiger partial charge in [-0.05, 0) is 42.2 Å². The molecule has 4 unspecified atom stereocenters. The predicted octanol–water partition coefficient (Wildman–Crippen LogP) is 5.76. The lowest BCUT2D eigenvalue weighted by molar-refractivity contribution is 0.191. The van der Waals surface area contributed by atoms with Crippen LogP contribution in [0.4, 0.5) is 0 Å². The van der Waals surface area contributed by atoms with Gasteiger partial charge in [-0.2, -0.15) is 0 Å². The van der Waals surface area contributed by atoms with Crippen LogP contribution in [-0.2, 0) is 0 Å². The topological polar surface area (TPSA) is 0 Å². The van der Waals surface area contributed by atoms with Crippen molar-refractivity contribution in [1.29, 1.82) is 0 Å². The zero-order valence-electron chi connectivity index (χ0n) is 12.9. The van der Waals surface area contributed by atoms with Gasteiger partial charge in [0.05, 0.1) is 0 Å². The Morgan fingerprint density at radius 3 is 1.88 bits per heavy atom. The lowest BCUT2D eigenvalue weighted by Crippen LogP contribution is -2.34. The van der Waals surface area contributed by atoms with E-state index in [-0.39, 0.29) is 0 Å². The monoisotopic (exact) mass is 246 g/mol. The van der Waals surface area contributed by atoms with E-state index in [0.29, 0.717) is 5.16 Å². The Labute approximate surface area is 107 Å². The van der Waals surface area contributed by atoms with Gasteiger partial charge in [0.2, 0.25) is 0 Å². The quantitative estimate of drug-likeness (QED) is 0.516. The normalized spacial score (nSPS) is 33.4. The minimum atomic E-state index is 0.519. The lowest BCUT2D eigenvalue weighted by Gasteiger charge is -2.41. The van der Waals surface area contributed by atoms with Crippen molar-refractivity contribution in [2.75, 3.05) is 0 Å². The lowest BCUT2D eigenvalue weighted by atomic mass is 9.71. The maximum Gasteiger partial charge on any atom is -0.0153 e. The Hall–Kier alpha value is 0.430. The standard InChI is InChI=1S/C11H23P.2C2H6/c1-8(2)10-5-6-11(4,12)9(3)7-10;2*1-2/h8-10H,5-7,12H2,1-4H3;2*1-2H3. The zero-order chi connectivity index (χ0) is 13.4. The average Bonchev–Trinajstić information content (AvgIpc) is 2.27. The van der Waals surface area contributed by atoms with Crippen LogP contribution in [-0.4, -0.2) is 5.16 Å². The van der Waals surface area contributed by atoms with Gasteiger partial charge in [0.15, 0.2) is 0 Å². The van der Waals surface area contributed by atoms with Crippen molar-refractivity contribution in [3.8, 4) is 0 Å². The Morgan fingerprint density at radius 2 is 1.56 bits per heavy atom. The van der Waals surface area contributed by atoms with E-state index < -0.39 is 0 Å². The molecule has 1 saturated carbocycles. The Bertz CT molecular complexity index is 150. The SMILES string of the molecule is CC.CC.CC(C)C1CCC(C)(P)C(C)C1. The van der Waals surface area contributed by atoms with Crippen LogP contribution in [0.5, 0.6) is 0 Å². The molecular formula is C15H35P. The van der Waals surface area contributed by atoms with Gasteiger partial charge in [-0.3, -0.25) is 0 Å². The molecular weight excluding hydrogens is 211 g/mol. The third-order valence-electron chi connectivity index (χ3n) is 3.78. The van der Waals surface area contributed by atoms with Crippen LogP contribution in [0.25, 0.3) is 0 Å². The van der Waals surface area contributed by atoms with Gasteiger partial charge in [-0.1, -0.05) is 55.4 Å². The number of hydrogen-bond donors (Lipinski definition) is 0. The molecule has 0 aliphatic heterocycles. The third-order valence-corrected chi connectivity index (χ3v) is 4.64. The summed E-state index contributed by atoms with van der Waals surface area (Å²) in [5.74, 6) is 2.74. The van der Waals surface area contributed by atoms with Crippen LogP contribution in [0.2, 0.25) is 0 Å². The van der Waals surface area contributed by atoms with Crippen LogP contribution in [0.15, 0.2) is 0 Å². The van der Waals surface area contributed by atoms with Crippen molar-refractivity contribution in [3.63, 3.8) is 0 Å².